The summed E-state index contributed by atoms with van der Waals surface area (Å²) in [5.41, 5.74) is 2.22. The van der Waals surface area contributed by atoms with Gasteiger partial charge in [-0.3, -0.25) is 4.98 Å². The Bertz CT molecular complexity index is 466. The molecule has 2 aromatic rings. The van der Waals surface area contributed by atoms with Gasteiger partial charge in [-0.15, -0.1) is 11.3 Å². The van der Waals surface area contributed by atoms with Gasteiger partial charge in [-0.1, -0.05) is 20.8 Å². The summed E-state index contributed by atoms with van der Waals surface area (Å²) in [4.78, 5) is 8.89. The highest BCUT2D eigenvalue weighted by Gasteiger charge is 2.19. The van der Waals surface area contributed by atoms with Crippen LogP contribution in [0.4, 0.5) is 0 Å². The lowest BCUT2D eigenvalue weighted by atomic mass is 9.98. The van der Waals surface area contributed by atoms with E-state index in [0.717, 1.165) is 11.2 Å². The molecule has 0 fully saturated rings. The molecule has 0 aliphatic carbocycles. The number of aromatic nitrogens is 2. The van der Waals surface area contributed by atoms with Gasteiger partial charge in [-0.05, 0) is 13.0 Å². The molecule has 0 spiro atoms. The average molecular weight is 206 g/mol. The van der Waals surface area contributed by atoms with Gasteiger partial charge in [-0.25, -0.2) is 4.98 Å². The van der Waals surface area contributed by atoms with E-state index in [2.05, 4.69) is 30.7 Å². The Morgan fingerprint density at radius 2 is 2.00 bits per heavy atom. The van der Waals surface area contributed by atoms with Crippen LogP contribution in [0, 0.1) is 6.92 Å². The van der Waals surface area contributed by atoms with Gasteiger partial charge in [0.15, 0.2) is 0 Å². The molecule has 0 aromatic carbocycles. The summed E-state index contributed by atoms with van der Waals surface area (Å²) < 4.78 is 1.24. The van der Waals surface area contributed by atoms with Gasteiger partial charge < -0.3 is 0 Å². The van der Waals surface area contributed by atoms with E-state index in [1.165, 1.54) is 9.71 Å². The van der Waals surface area contributed by atoms with E-state index < -0.39 is 0 Å². The van der Waals surface area contributed by atoms with Gasteiger partial charge >= 0.3 is 0 Å². The standard InChI is InChI=1S/C11H14N2S/c1-7-9-8(5-6-12-7)14-10(13-9)11(2,3)4/h5-6H,1-4H3. The highest BCUT2D eigenvalue weighted by molar-refractivity contribution is 7.18. The van der Waals surface area contributed by atoms with Crippen molar-refractivity contribution in [2.75, 3.05) is 0 Å². The smallest absolute Gasteiger partial charge is 0.103 e. The molecule has 2 heterocycles. The van der Waals surface area contributed by atoms with E-state index in [1.54, 1.807) is 11.3 Å². The minimum atomic E-state index is 0.135. The summed E-state index contributed by atoms with van der Waals surface area (Å²) in [5.74, 6) is 0. The molecule has 14 heavy (non-hydrogen) atoms. The van der Waals surface area contributed by atoms with Crippen molar-refractivity contribution in [2.45, 2.75) is 33.1 Å². The minimum Gasteiger partial charge on any atom is -0.259 e. The van der Waals surface area contributed by atoms with Crippen LogP contribution in [0.1, 0.15) is 31.5 Å². The van der Waals surface area contributed by atoms with Crippen LogP contribution in [-0.2, 0) is 5.41 Å². The van der Waals surface area contributed by atoms with Crippen LogP contribution < -0.4 is 0 Å². The topological polar surface area (TPSA) is 25.8 Å². The first-order valence-corrected chi connectivity index (χ1v) is 5.53. The summed E-state index contributed by atoms with van der Waals surface area (Å²) in [5, 5.41) is 1.18. The van der Waals surface area contributed by atoms with Crippen LogP contribution in [0.15, 0.2) is 12.3 Å². The van der Waals surface area contributed by atoms with Gasteiger partial charge in [0, 0.05) is 11.6 Å². The summed E-state index contributed by atoms with van der Waals surface area (Å²) in [6.45, 7) is 8.57. The van der Waals surface area contributed by atoms with Crippen molar-refractivity contribution < 1.29 is 0 Å². The Labute approximate surface area is 88.0 Å². The third kappa shape index (κ3) is 1.52. The molecule has 0 N–H and O–H groups in total. The molecule has 0 radical (unpaired) electrons. The van der Waals surface area contributed by atoms with Gasteiger partial charge in [0.1, 0.15) is 5.52 Å². The van der Waals surface area contributed by atoms with Gasteiger partial charge in [0.25, 0.3) is 0 Å². The molecule has 0 saturated carbocycles. The number of hydrogen-bond donors (Lipinski definition) is 0. The van der Waals surface area contributed by atoms with Gasteiger partial charge in [-0.2, -0.15) is 0 Å². The van der Waals surface area contributed by atoms with Crippen LogP contribution in [0.2, 0.25) is 0 Å². The van der Waals surface area contributed by atoms with Crippen molar-refractivity contribution in [1.82, 2.24) is 9.97 Å². The van der Waals surface area contributed by atoms with E-state index in [4.69, 9.17) is 0 Å². The van der Waals surface area contributed by atoms with Gasteiger partial charge in [0.2, 0.25) is 0 Å². The van der Waals surface area contributed by atoms with Crippen LogP contribution in [-0.4, -0.2) is 9.97 Å². The molecule has 0 atom stereocenters. The minimum absolute atomic E-state index is 0.135. The molecule has 0 aliphatic rings. The number of nitrogens with zero attached hydrogens (tertiary/aromatic N) is 2. The second-order valence-electron chi connectivity index (χ2n) is 4.51. The number of rotatable bonds is 0. The molecule has 2 nitrogen and oxygen atoms in total. The van der Waals surface area contributed by atoms with Crippen molar-refractivity contribution in [2.24, 2.45) is 0 Å². The molecule has 74 valence electrons. The summed E-state index contributed by atoms with van der Waals surface area (Å²) in [7, 11) is 0. The van der Waals surface area contributed by atoms with Crippen molar-refractivity contribution in [3.63, 3.8) is 0 Å². The van der Waals surface area contributed by atoms with E-state index in [-0.39, 0.29) is 5.41 Å². The quantitative estimate of drug-likeness (QED) is 0.661. The maximum atomic E-state index is 4.64. The van der Waals surface area contributed by atoms with Gasteiger partial charge in [0.05, 0.1) is 15.4 Å². The van der Waals surface area contributed by atoms with Crippen LogP contribution in [0.25, 0.3) is 10.2 Å². The maximum Gasteiger partial charge on any atom is 0.103 e. The Morgan fingerprint density at radius 3 is 2.57 bits per heavy atom. The SMILES string of the molecule is Cc1nccc2sc(C(C)(C)C)nc12. The fourth-order valence-corrected chi connectivity index (χ4v) is 2.37. The number of fused-ring (bicyclic) bond motifs is 1. The van der Waals surface area contributed by atoms with E-state index in [1.807, 2.05) is 19.2 Å². The molecule has 0 saturated heterocycles. The zero-order valence-corrected chi connectivity index (χ0v) is 9.77. The Balaban J connectivity index is 2.69. The lowest BCUT2D eigenvalue weighted by molar-refractivity contribution is 0.587. The highest BCUT2D eigenvalue weighted by atomic mass is 32.1. The first-order valence-electron chi connectivity index (χ1n) is 4.71. The predicted molar refractivity (Wildman–Crippen MR) is 60.9 cm³/mol. The van der Waals surface area contributed by atoms with Crippen LogP contribution in [0.3, 0.4) is 0 Å². The van der Waals surface area contributed by atoms with Crippen molar-refractivity contribution >= 4 is 21.6 Å². The van der Waals surface area contributed by atoms with Crippen molar-refractivity contribution in [3.8, 4) is 0 Å². The molecule has 0 bridgehead atoms. The largest absolute Gasteiger partial charge is 0.259 e. The molecule has 0 aliphatic heterocycles. The third-order valence-corrected chi connectivity index (χ3v) is 3.58. The fraction of sp³-hybridized carbons (Fsp3) is 0.455. The van der Waals surface area contributed by atoms with Crippen LogP contribution in [0.5, 0.6) is 0 Å². The molecule has 3 heteroatoms. The Hall–Kier alpha value is -0.960. The van der Waals surface area contributed by atoms with Crippen molar-refractivity contribution in [3.05, 3.63) is 23.0 Å². The zero-order valence-electron chi connectivity index (χ0n) is 8.96. The monoisotopic (exact) mass is 206 g/mol. The normalized spacial score (nSPS) is 12.3. The zero-order chi connectivity index (χ0) is 10.3. The first kappa shape index (κ1) is 9.59. The number of pyridine rings is 1. The van der Waals surface area contributed by atoms with Crippen LogP contribution >= 0.6 is 11.3 Å². The summed E-state index contributed by atoms with van der Waals surface area (Å²) in [6.07, 6.45) is 1.85. The molecule has 0 unspecified atom stereocenters. The third-order valence-electron chi connectivity index (χ3n) is 2.13. The van der Waals surface area contributed by atoms with Crippen molar-refractivity contribution in [1.29, 1.82) is 0 Å². The van der Waals surface area contributed by atoms with E-state index >= 15 is 0 Å². The number of hydrogen-bond acceptors (Lipinski definition) is 3. The second kappa shape index (κ2) is 3.02. The average Bonchev–Trinajstić information content (AvgIpc) is 2.48. The molecule has 2 rings (SSSR count). The van der Waals surface area contributed by atoms with E-state index in [9.17, 15) is 0 Å². The fourth-order valence-electron chi connectivity index (χ4n) is 1.30. The number of aryl methyl sites for hydroxylation is 1. The lowest BCUT2D eigenvalue weighted by Crippen LogP contribution is -2.09. The maximum absolute atomic E-state index is 4.64. The molecule has 0 amide bonds. The highest BCUT2D eigenvalue weighted by Crippen LogP contribution is 2.31. The Morgan fingerprint density at radius 1 is 1.29 bits per heavy atom. The summed E-state index contributed by atoms with van der Waals surface area (Å²) >= 11 is 1.77. The number of thiazole rings is 1. The lowest BCUT2D eigenvalue weighted by Gasteiger charge is -2.13. The molecule has 2 aromatic heterocycles. The first-order chi connectivity index (χ1) is 6.48. The predicted octanol–water partition coefficient (Wildman–Crippen LogP) is 3.30. The van der Waals surface area contributed by atoms with E-state index in [0.29, 0.717) is 0 Å². The second-order valence-corrected chi connectivity index (χ2v) is 5.54. The molecular weight excluding hydrogens is 192 g/mol. The molecular formula is C11H14N2S. The summed E-state index contributed by atoms with van der Waals surface area (Å²) in [6, 6.07) is 2.04. The Kier molecular flexibility index (Phi) is 2.07.